The van der Waals surface area contributed by atoms with Gasteiger partial charge in [0.25, 0.3) is 0 Å². The highest BCUT2D eigenvalue weighted by molar-refractivity contribution is 5.76. The minimum Gasteiger partial charge on any atom is -0.394 e. The van der Waals surface area contributed by atoms with Crippen LogP contribution < -0.4 is 5.32 Å². The van der Waals surface area contributed by atoms with Crippen molar-refractivity contribution in [2.24, 2.45) is 0 Å². The molecule has 0 bridgehead atoms. The minimum absolute atomic E-state index is 0.249. The first-order valence-electron chi connectivity index (χ1n) is 33.9. The number of amides is 1. The van der Waals surface area contributed by atoms with Gasteiger partial charge >= 0.3 is 0 Å². The van der Waals surface area contributed by atoms with Gasteiger partial charge in [-0.1, -0.05) is 251 Å². The molecule has 19 heteroatoms. The summed E-state index contributed by atoms with van der Waals surface area (Å²) in [5.74, 6) is -0.270. The first-order chi connectivity index (χ1) is 40.8. The van der Waals surface area contributed by atoms with Gasteiger partial charge in [-0.25, -0.2) is 0 Å². The molecule has 0 radical (unpaired) electrons. The van der Waals surface area contributed by atoms with Crippen molar-refractivity contribution < 1.29 is 89.4 Å². The van der Waals surface area contributed by atoms with Crippen molar-refractivity contribution in [2.75, 3.05) is 26.4 Å². The lowest BCUT2D eigenvalue weighted by Crippen LogP contribution is -2.66. The van der Waals surface area contributed by atoms with Gasteiger partial charge in [0.05, 0.1) is 38.6 Å². The van der Waals surface area contributed by atoms with Gasteiger partial charge < -0.3 is 89.9 Å². The van der Waals surface area contributed by atoms with E-state index in [9.17, 15) is 61.0 Å². The molecule has 3 saturated heterocycles. The van der Waals surface area contributed by atoms with Crippen LogP contribution in [0.15, 0.2) is 12.2 Å². The maximum absolute atomic E-state index is 13.4. The Hall–Kier alpha value is -1.47. The Balaban J connectivity index is 1.46. The molecule has 3 fully saturated rings. The smallest absolute Gasteiger partial charge is 0.220 e. The number of aliphatic hydroxyl groups excluding tert-OH is 11. The number of rotatable bonds is 52. The zero-order chi connectivity index (χ0) is 61.2. The van der Waals surface area contributed by atoms with Crippen molar-refractivity contribution in [3.05, 3.63) is 12.2 Å². The van der Waals surface area contributed by atoms with Crippen molar-refractivity contribution in [2.45, 2.75) is 369 Å². The molecular weight excluding hydrogens is 1080 g/mol. The van der Waals surface area contributed by atoms with E-state index in [-0.39, 0.29) is 18.9 Å². The number of ether oxygens (including phenoxy) is 6. The van der Waals surface area contributed by atoms with Gasteiger partial charge in [-0.05, 0) is 19.3 Å². The lowest BCUT2D eigenvalue weighted by Gasteiger charge is -2.48. The molecule has 3 aliphatic heterocycles. The van der Waals surface area contributed by atoms with Crippen molar-refractivity contribution in [1.29, 1.82) is 0 Å². The largest absolute Gasteiger partial charge is 0.394 e. The zero-order valence-corrected chi connectivity index (χ0v) is 52.2. The number of carbonyl (C=O) groups excluding carboxylic acids is 1. The van der Waals surface area contributed by atoms with E-state index in [1.54, 1.807) is 6.08 Å². The number of hydrogen-bond donors (Lipinski definition) is 12. The highest BCUT2D eigenvalue weighted by Crippen LogP contribution is 2.33. The molecule has 17 atom stereocenters. The SMILES string of the molecule is CCCCCCCCCCCCCCCCCCCCC/C=C/C(O)C(COC1OC(CO)C(OC2OC(CO)C(OC3OC(CO)C(O)C(O)C3O)C(O)C2O)C(O)C1O)NC(=O)CCCCCCCCCCCCCCCCCCCC. The summed E-state index contributed by atoms with van der Waals surface area (Å²) >= 11 is 0. The summed E-state index contributed by atoms with van der Waals surface area (Å²) in [4.78, 5) is 13.4. The Morgan fingerprint density at radius 3 is 1.12 bits per heavy atom. The maximum Gasteiger partial charge on any atom is 0.220 e. The first-order valence-corrected chi connectivity index (χ1v) is 33.9. The van der Waals surface area contributed by atoms with Crippen molar-refractivity contribution >= 4 is 5.91 Å². The van der Waals surface area contributed by atoms with E-state index < -0.39 is 124 Å². The van der Waals surface area contributed by atoms with Gasteiger partial charge in [0.15, 0.2) is 18.9 Å². The van der Waals surface area contributed by atoms with Gasteiger partial charge in [0, 0.05) is 6.42 Å². The molecule has 84 heavy (non-hydrogen) atoms. The van der Waals surface area contributed by atoms with Gasteiger partial charge in [-0.15, -0.1) is 0 Å². The Morgan fingerprint density at radius 2 is 0.738 bits per heavy atom. The predicted octanol–water partition coefficient (Wildman–Crippen LogP) is 8.11. The summed E-state index contributed by atoms with van der Waals surface area (Å²) in [5.41, 5.74) is 0. The van der Waals surface area contributed by atoms with E-state index in [1.807, 2.05) is 6.08 Å². The van der Waals surface area contributed by atoms with Crippen LogP contribution in [0.25, 0.3) is 0 Å². The van der Waals surface area contributed by atoms with Gasteiger partial charge in [-0.3, -0.25) is 4.79 Å². The predicted molar refractivity (Wildman–Crippen MR) is 323 cm³/mol. The Labute approximate surface area is 506 Å². The number of allylic oxidation sites excluding steroid dienone is 1. The normalized spacial score (nSPS) is 29.2. The van der Waals surface area contributed by atoms with E-state index in [0.29, 0.717) is 6.42 Å². The fourth-order valence-corrected chi connectivity index (χ4v) is 11.8. The standard InChI is InChI=1S/C65H123NO18/c1-3-5-7-9-11-13-15-17-19-21-23-24-25-26-28-30-32-34-36-38-40-42-49(70)48(66-53(71)43-41-39-37-35-33-31-29-27-22-20-18-16-14-12-10-8-6-4-2)47-79-63-59(77)56(74)61(51(45-68)81-63)84-65-60(78)57(75)62(52(46-69)82-65)83-64-58(76)55(73)54(72)50(44-67)80-64/h40,42,48-52,54-65,67-70,72-78H,3-39,41,43-47H2,1-2H3,(H,66,71)/b42-40+. The number of aliphatic hydroxyl groups is 11. The van der Waals surface area contributed by atoms with E-state index >= 15 is 0 Å². The molecular formula is C65H123NO18. The Bertz CT molecular complexity index is 1580. The van der Waals surface area contributed by atoms with Crippen molar-refractivity contribution in [3.63, 3.8) is 0 Å². The molecule has 17 unspecified atom stereocenters. The van der Waals surface area contributed by atoms with Crippen LogP contribution in [0.5, 0.6) is 0 Å². The molecule has 12 N–H and O–H groups in total. The zero-order valence-electron chi connectivity index (χ0n) is 52.2. The van der Waals surface area contributed by atoms with E-state index in [2.05, 4.69) is 19.2 Å². The third kappa shape index (κ3) is 30.8. The van der Waals surface area contributed by atoms with E-state index in [0.717, 1.165) is 44.9 Å². The molecule has 3 heterocycles. The van der Waals surface area contributed by atoms with Crippen LogP contribution in [0.4, 0.5) is 0 Å². The molecule has 0 aliphatic carbocycles. The van der Waals surface area contributed by atoms with Crippen LogP contribution >= 0.6 is 0 Å². The van der Waals surface area contributed by atoms with Gasteiger partial charge in [0.2, 0.25) is 5.91 Å². The lowest BCUT2D eigenvalue weighted by atomic mass is 9.96. The Morgan fingerprint density at radius 1 is 0.417 bits per heavy atom. The third-order valence-corrected chi connectivity index (χ3v) is 17.3. The molecule has 1 amide bonds. The second-order valence-corrected chi connectivity index (χ2v) is 24.7. The summed E-state index contributed by atoms with van der Waals surface area (Å²) in [7, 11) is 0. The highest BCUT2D eigenvalue weighted by Gasteiger charge is 2.53. The average molecular weight is 1210 g/mol. The second-order valence-electron chi connectivity index (χ2n) is 24.7. The molecule has 3 aliphatic rings. The summed E-state index contributed by atoms with van der Waals surface area (Å²) in [6.45, 7) is 1.77. The third-order valence-electron chi connectivity index (χ3n) is 17.3. The maximum atomic E-state index is 13.4. The summed E-state index contributed by atoms with van der Waals surface area (Å²) in [6.07, 6.45) is 24.7. The number of carbonyl (C=O) groups is 1. The van der Waals surface area contributed by atoms with Crippen LogP contribution in [0.2, 0.25) is 0 Å². The topological polar surface area (TPSA) is 307 Å². The summed E-state index contributed by atoms with van der Waals surface area (Å²) in [6, 6.07) is -0.968. The fourth-order valence-electron chi connectivity index (χ4n) is 11.8. The number of nitrogens with one attached hydrogen (secondary N) is 1. The van der Waals surface area contributed by atoms with Crippen LogP contribution in [0, 0.1) is 0 Å². The molecule has 0 aromatic rings. The lowest BCUT2D eigenvalue weighted by molar-refractivity contribution is -0.379. The van der Waals surface area contributed by atoms with Crippen LogP contribution in [0.3, 0.4) is 0 Å². The van der Waals surface area contributed by atoms with Crippen LogP contribution in [0.1, 0.15) is 264 Å². The molecule has 19 nitrogen and oxygen atoms in total. The minimum atomic E-state index is -1.98. The summed E-state index contributed by atoms with van der Waals surface area (Å²) < 4.78 is 34.3. The van der Waals surface area contributed by atoms with Gasteiger partial charge in [0.1, 0.15) is 73.2 Å². The molecule has 0 aromatic heterocycles. The van der Waals surface area contributed by atoms with Crippen molar-refractivity contribution in [3.8, 4) is 0 Å². The van der Waals surface area contributed by atoms with Crippen LogP contribution in [-0.2, 0) is 33.2 Å². The molecule has 0 spiro atoms. The quantitative estimate of drug-likeness (QED) is 0.0202. The van der Waals surface area contributed by atoms with E-state index in [4.69, 9.17) is 28.4 Å². The fraction of sp³-hybridized carbons (Fsp3) is 0.954. The second kappa shape index (κ2) is 48.4. The van der Waals surface area contributed by atoms with E-state index in [1.165, 1.54) is 193 Å². The first kappa shape index (κ1) is 76.8. The van der Waals surface area contributed by atoms with Gasteiger partial charge in [-0.2, -0.15) is 0 Å². The molecule has 0 saturated carbocycles. The summed E-state index contributed by atoms with van der Waals surface area (Å²) in [5, 5.41) is 120. The Kier molecular flexibility index (Phi) is 44.2. The molecule has 3 rings (SSSR count). The number of unbranched alkanes of at least 4 members (excludes halogenated alkanes) is 36. The van der Waals surface area contributed by atoms with Crippen LogP contribution in [-0.4, -0.2) is 193 Å². The molecule has 0 aromatic carbocycles. The monoisotopic (exact) mass is 1210 g/mol. The van der Waals surface area contributed by atoms with Crippen molar-refractivity contribution in [1.82, 2.24) is 5.32 Å². The highest BCUT2D eigenvalue weighted by atomic mass is 16.8. The average Bonchev–Trinajstić information content (AvgIpc) is 2.79. The molecule has 496 valence electrons. The number of hydrogen-bond acceptors (Lipinski definition) is 18.